The fourth-order valence-corrected chi connectivity index (χ4v) is 5.70. The Kier molecular flexibility index (Phi) is 8.98. The first kappa shape index (κ1) is 27.0. The molecule has 3 N–H and O–H groups in total. The summed E-state index contributed by atoms with van der Waals surface area (Å²) in [5, 5.41) is 10.2. The second kappa shape index (κ2) is 12.0. The number of halogens is 2. The van der Waals surface area contributed by atoms with Crippen LogP contribution >= 0.6 is 23.2 Å². The Balaban J connectivity index is 1.26. The smallest absolute Gasteiger partial charge is 0.317 e. The van der Waals surface area contributed by atoms with Gasteiger partial charge in [0.05, 0.1) is 22.6 Å². The number of rotatable bonds is 6. The fourth-order valence-electron chi connectivity index (χ4n) is 5.38. The van der Waals surface area contributed by atoms with Gasteiger partial charge < -0.3 is 20.4 Å². The molecule has 3 unspecified atom stereocenters. The normalized spacial score (nSPS) is 25.0. The first-order valence-electron chi connectivity index (χ1n) is 12.7. The van der Waals surface area contributed by atoms with E-state index in [9.17, 15) is 14.4 Å². The first-order valence-corrected chi connectivity index (χ1v) is 13.5. The van der Waals surface area contributed by atoms with Crippen molar-refractivity contribution in [3.05, 3.63) is 33.8 Å². The number of hydrogen-bond donors (Lipinski definition) is 3. The van der Waals surface area contributed by atoms with Crippen LogP contribution in [0, 0.1) is 5.92 Å². The molecule has 2 saturated heterocycles. The minimum Gasteiger partial charge on any atom is -0.350 e. The summed E-state index contributed by atoms with van der Waals surface area (Å²) in [5.74, 6) is -0.302. The lowest BCUT2D eigenvalue weighted by molar-refractivity contribution is -0.146. The van der Waals surface area contributed by atoms with Gasteiger partial charge in [0.2, 0.25) is 11.8 Å². The van der Waals surface area contributed by atoms with Gasteiger partial charge in [0.25, 0.3) is 0 Å². The third kappa shape index (κ3) is 6.62. The Morgan fingerprint density at radius 3 is 2.56 bits per heavy atom. The number of amides is 4. The van der Waals surface area contributed by atoms with Crippen LogP contribution < -0.4 is 16.0 Å². The Labute approximate surface area is 222 Å². The molecule has 11 heteroatoms. The van der Waals surface area contributed by atoms with Gasteiger partial charge in [-0.3, -0.25) is 19.8 Å². The summed E-state index contributed by atoms with van der Waals surface area (Å²) in [5.41, 5.74) is 0.845. The molecule has 0 aromatic heterocycles. The third-order valence-electron chi connectivity index (χ3n) is 7.33. The van der Waals surface area contributed by atoms with Crippen LogP contribution in [0.4, 0.5) is 4.79 Å². The van der Waals surface area contributed by atoms with E-state index in [2.05, 4.69) is 20.9 Å². The molecule has 3 atom stereocenters. The van der Waals surface area contributed by atoms with Gasteiger partial charge in [0.1, 0.15) is 6.54 Å². The van der Waals surface area contributed by atoms with E-state index in [1.165, 1.54) is 0 Å². The minimum atomic E-state index is -0.210. The summed E-state index contributed by atoms with van der Waals surface area (Å²) in [6.07, 6.45) is 2.74. The monoisotopic (exact) mass is 538 g/mol. The molecule has 0 spiro atoms. The molecule has 3 fully saturated rings. The molecular weight excluding hydrogens is 503 g/mol. The largest absolute Gasteiger partial charge is 0.350 e. The molecule has 2 heterocycles. The maximum Gasteiger partial charge on any atom is 0.317 e. The summed E-state index contributed by atoms with van der Waals surface area (Å²) in [7, 11) is 0. The van der Waals surface area contributed by atoms with Crippen LogP contribution in [0.2, 0.25) is 10.0 Å². The maximum atomic E-state index is 13.3. The van der Waals surface area contributed by atoms with E-state index in [0.717, 1.165) is 37.9 Å². The number of fused-ring (bicyclic) bond motifs is 1. The minimum absolute atomic E-state index is 0.00639. The third-order valence-corrected chi connectivity index (χ3v) is 8.07. The average molecular weight is 540 g/mol. The van der Waals surface area contributed by atoms with Crippen molar-refractivity contribution in [2.75, 3.05) is 39.4 Å². The number of carbonyl (C=O) groups excluding carboxylic acids is 3. The standard InChI is InChI=1S/C25H36Cl2N6O3/c1-16(2)30-25(36)32-9-7-31(8-10-32)18-4-6-22-19(12-18)24(35)33(15-29-22)14-23(34)28-13-17-3-5-20(26)21(27)11-17/h3,5,11,16,18-19,22,29H,4,6-10,12-15H2,1-2H3,(H,28,34)(H,30,36). The van der Waals surface area contributed by atoms with E-state index >= 15 is 0 Å². The van der Waals surface area contributed by atoms with Crippen LogP contribution in [0.15, 0.2) is 18.2 Å². The van der Waals surface area contributed by atoms with Gasteiger partial charge in [0.15, 0.2) is 0 Å². The van der Waals surface area contributed by atoms with Crippen molar-refractivity contribution >= 4 is 41.0 Å². The zero-order valence-electron chi connectivity index (χ0n) is 20.9. The number of urea groups is 1. The number of piperazine rings is 1. The van der Waals surface area contributed by atoms with E-state index < -0.39 is 0 Å². The second-order valence-electron chi connectivity index (χ2n) is 10.2. The second-order valence-corrected chi connectivity index (χ2v) is 11.0. The van der Waals surface area contributed by atoms with E-state index in [1.54, 1.807) is 17.0 Å². The van der Waals surface area contributed by atoms with Crippen LogP contribution in [-0.4, -0.2) is 90.1 Å². The van der Waals surface area contributed by atoms with Gasteiger partial charge in [-0.2, -0.15) is 0 Å². The van der Waals surface area contributed by atoms with Gasteiger partial charge in [0, 0.05) is 50.8 Å². The molecule has 1 saturated carbocycles. The zero-order valence-corrected chi connectivity index (χ0v) is 22.4. The number of nitrogens with zero attached hydrogens (tertiary/aromatic N) is 3. The van der Waals surface area contributed by atoms with Crippen molar-refractivity contribution in [3.8, 4) is 0 Å². The lowest BCUT2D eigenvalue weighted by Crippen LogP contribution is -2.62. The van der Waals surface area contributed by atoms with Crippen LogP contribution in [0.3, 0.4) is 0 Å². The highest BCUT2D eigenvalue weighted by atomic mass is 35.5. The van der Waals surface area contributed by atoms with E-state index in [1.807, 2.05) is 24.8 Å². The summed E-state index contributed by atoms with van der Waals surface area (Å²) in [6, 6.07) is 5.82. The van der Waals surface area contributed by atoms with Gasteiger partial charge >= 0.3 is 6.03 Å². The summed E-state index contributed by atoms with van der Waals surface area (Å²) in [4.78, 5) is 44.1. The molecule has 1 aromatic carbocycles. The van der Waals surface area contributed by atoms with Gasteiger partial charge in [-0.15, -0.1) is 0 Å². The number of nitrogens with one attached hydrogen (secondary N) is 3. The lowest BCUT2D eigenvalue weighted by Gasteiger charge is -2.47. The Morgan fingerprint density at radius 2 is 1.86 bits per heavy atom. The number of hydrogen-bond acceptors (Lipinski definition) is 5. The molecule has 1 aliphatic carbocycles. The van der Waals surface area contributed by atoms with E-state index in [4.69, 9.17) is 23.2 Å². The van der Waals surface area contributed by atoms with Crippen molar-refractivity contribution in [3.63, 3.8) is 0 Å². The van der Waals surface area contributed by atoms with Crippen LogP contribution in [0.5, 0.6) is 0 Å². The molecule has 0 radical (unpaired) electrons. The predicted octanol–water partition coefficient (Wildman–Crippen LogP) is 2.27. The van der Waals surface area contributed by atoms with E-state index in [-0.39, 0.29) is 42.4 Å². The predicted molar refractivity (Wildman–Crippen MR) is 140 cm³/mol. The molecule has 36 heavy (non-hydrogen) atoms. The van der Waals surface area contributed by atoms with Crippen molar-refractivity contribution in [1.82, 2.24) is 30.7 Å². The molecule has 198 valence electrons. The topological polar surface area (TPSA) is 97.0 Å². The Hall–Kier alpha value is -2.07. The Bertz CT molecular complexity index is 969. The molecule has 4 rings (SSSR count). The van der Waals surface area contributed by atoms with Gasteiger partial charge in [-0.25, -0.2) is 4.79 Å². The highest BCUT2D eigenvalue weighted by Crippen LogP contribution is 2.32. The SMILES string of the molecule is CC(C)NC(=O)N1CCN(C2CCC3NCN(CC(=O)NCc4ccc(Cl)c(Cl)c4)C(=O)C3C2)CC1. The molecule has 4 amide bonds. The van der Waals surface area contributed by atoms with Crippen molar-refractivity contribution < 1.29 is 14.4 Å². The van der Waals surface area contributed by atoms with Crippen LogP contribution in [0.1, 0.15) is 38.7 Å². The lowest BCUT2D eigenvalue weighted by atomic mass is 9.79. The average Bonchev–Trinajstić information content (AvgIpc) is 2.86. The number of carbonyl (C=O) groups is 3. The molecule has 3 aliphatic rings. The van der Waals surface area contributed by atoms with E-state index in [0.29, 0.717) is 42.4 Å². The van der Waals surface area contributed by atoms with Crippen LogP contribution in [0.25, 0.3) is 0 Å². The summed E-state index contributed by atoms with van der Waals surface area (Å²) in [6.45, 7) is 7.67. The molecule has 0 bridgehead atoms. The highest BCUT2D eigenvalue weighted by Gasteiger charge is 2.42. The summed E-state index contributed by atoms with van der Waals surface area (Å²) >= 11 is 12.0. The summed E-state index contributed by atoms with van der Waals surface area (Å²) < 4.78 is 0. The molecular formula is C25H36Cl2N6O3. The van der Waals surface area contributed by atoms with Gasteiger partial charge in [-0.1, -0.05) is 29.3 Å². The maximum absolute atomic E-state index is 13.3. The fraction of sp³-hybridized carbons (Fsp3) is 0.640. The van der Waals surface area contributed by atoms with Crippen molar-refractivity contribution in [2.45, 2.75) is 57.8 Å². The molecule has 9 nitrogen and oxygen atoms in total. The first-order chi connectivity index (χ1) is 17.2. The van der Waals surface area contributed by atoms with Gasteiger partial charge in [-0.05, 0) is 50.8 Å². The molecule has 2 aliphatic heterocycles. The van der Waals surface area contributed by atoms with Crippen LogP contribution in [-0.2, 0) is 16.1 Å². The van der Waals surface area contributed by atoms with Crippen molar-refractivity contribution in [2.24, 2.45) is 5.92 Å². The Morgan fingerprint density at radius 1 is 1.11 bits per heavy atom. The van der Waals surface area contributed by atoms with Crippen molar-refractivity contribution in [1.29, 1.82) is 0 Å². The zero-order chi connectivity index (χ0) is 25.8. The number of benzene rings is 1. The quantitative estimate of drug-likeness (QED) is 0.516. The highest BCUT2D eigenvalue weighted by molar-refractivity contribution is 6.42. The molecule has 1 aromatic rings.